The lowest BCUT2D eigenvalue weighted by molar-refractivity contribution is -0.124. The largest absolute Gasteiger partial charge is 0.377 e. The van der Waals surface area contributed by atoms with Gasteiger partial charge in [0.15, 0.2) is 0 Å². The number of carbonyl (C=O) groups excluding carboxylic acids is 1. The molecule has 1 fully saturated rings. The molecule has 2 N–H and O–H groups in total. The number of carbonyl (C=O) groups is 1. The Kier molecular flexibility index (Phi) is 6.11. The van der Waals surface area contributed by atoms with Crippen LogP contribution in [0.4, 0.5) is 0 Å². The zero-order valence-electron chi connectivity index (χ0n) is 10.2. The van der Waals surface area contributed by atoms with Gasteiger partial charge in [-0.2, -0.15) is 0 Å². The summed E-state index contributed by atoms with van der Waals surface area (Å²) in [6, 6.07) is -0.0537. The predicted molar refractivity (Wildman–Crippen MR) is 64.3 cm³/mol. The fourth-order valence-corrected chi connectivity index (χ4v) is 1.83. The molecule has 1 amide bonds. The fourth-order valence-electron chi connectivity index (χ4n) is 1.83. The number of ether oxygens (including phenoxy) is 1. The van der Waals surface area contributed by atoms with Gasteiger partial charge in [-0.15, -0.1) is 0 Å². The van der Waals surface area contributed by atoms with Gasteiger partial charge in [-0.3, -0.25) is 4.79 Å². The smallest absolute Gasteiger partial charge is 0.237 e. The highest BCUT2D eigenvalue weighted by Gasteiger charge is 2.25. The van der Waals surface area contributed by atoms with Crippen molar-refractivity contribution in [2.45, 2.75) is 38.8 Å². The van der Waals surface area contributed by atoms with Gasteiger partial charge in [-0.25, -0.2) is 0 Å². The molecule has 0 bridgehead atoms. The van der Waals surface area contributed by atoms with E-state index in [1.165, 1.54) is 0 Å². The van der Waals surface area contributed by atoms with Gasteiger partial charge in [0.2, 0.25) is 5.91 Å². The van der Waals surface area contributed by atoms with Crippen LogP contribution in [0.5, 0.6) is 0 Å². The summed E-state index contributed by atoms with van der Waals surface area (Å²) in [4.78, 5) is 11.7. The van der Waals surface area contributed by atoms with Gasteiger partial charge in [0, 0.05) is 19.7 Å². The Balaban J connectivity index is 2.22. The Bertz CT molecular complexity index is 233. The monoisotopic (exact) mass is 226 g/mol. The Morgan fingerprint density at radius 1 is 1.56 bits per heavy atom. The van der Waals surface area contributed by atoms with Crippen LogP contribution in [0.2, 0.25) is 0 Å². The molecule has 1 aliphatic heterocycles. The summed E-state index contributed by atoms with van der Waals surface area (Å²) in [6.45, 7) is 6.07. The van der Waals surface area contributed by atoms with Crippen LogP contribution in [0.15, 0.2) is 12.2 Å². The molecular formula is C12H22N2O2. The zero-order chi connectivity index (χ0) is 11.8. The molecule has 2 atom stereocenters. The Morgan fingerprint density at radius 2 is 2.38 bits per heavy atom. The fraction of sp³-hybridized carbons (Fsp3) is 0.750. The third-order valence-corrected chi connectivity index (χ3v) is 2.72. The highest BCUT2D eigenvalue weighted by molar-refractivity contribution is 5.81. The average Bonchev–Trinajstić information content (AvgIpc) is 2.30. The van der Waals surface area contributed by atoms with E-state index in [9.17, 15) is 4.79 Å². The van der Waals surface area contributed by atoms with Crippen LogP contribution < -0.4 is 10.6 Å². The maximum absolute atomic E-state index is 11.7. The molecule has 0 spiro atoms. The number of hydrogen-bond donors (Lipinski definition) is 2. The van der Waals surface area contributed by atoms with E-state index in [1.807, 2.05) is 26.0 Å². The zero-order valence-corrected chi connectivity index (χ0v) is 10.2. The van der Waals surface area contributed by atoms with E-state index in [0.29, 0.717) is 6.54 Å². The molecule has 4 heteroatoms. The number of allylic oxidation sites excluding steroid dienone is 1. The molecule has 4 nitrogen and oxygen atoms in total. The quantitative estimate of drug-likeness (QED) is 0.683. The van der Waals surface area contributed by atoms with Gasteiger partial charge < -0.3 is 15.4 Å². The summed E-state index contributed by atoms with van der Waals surface area (Å²) >= 11 is 0. The third kappa shape index (κ3) is 4.33. The molecule has 0 aliphatic carbocycles. The number of piperidine rings is 1. The highest BCUT2D eigenvalue weighted by atomic mass is 16.5. The topological polar surface area (TPSA) is 50.4 Å². The summed E-state index contributed by atoms with van der Waals surface area (Å²) in [5, 5.41) is 6.09. The molecule has 16 heavy (non-hydrogen) atoms. The van der Waals surface area contributed by atoms with Gasteiger partial charge in [0.25, 0.3) is 0 Å². The van der Waals surface area contributed by atoms with E-state index in [1.54, 1.807) is 0 Å². The SMILES string of the molecule is C/C=C/CNC(=O)C1CCC(OCC)CN1. The molecule has 1 rings (SSSR count). The molecule has 0 aromatic heterocycles. The summed E-state index contributed by atoms with van der Waals surface area (Å²) in [5.41, 5.74) is 0. The van der Waals surface area contributed by atoms with Crippen molar-refractivity contribution in [1.82, 2.24) is 10.6 Å². The van der Waals surface area contributed by atoms with Crippen molar-refractivity contribution in [2.24, 2.45) is 0 Å². The van der Waals surface area contributed by atoms with Crippen LogP contribution >= 0.6 is 0 Å². The summed E-state index contributed by atoms with van der Waals surface area (Å²) in [6.07, 6.45) is 5.95. The van der Waals surface area contributed by atoms with Crippen molar-refractivity contribution in [3.8, 4) is 0 Å². The predicted octanol–water partition coefficient (Wildman–Crippen LogP) is 0.836. The van der Waals surface area contributed by atoms with Crippen LogP contribution in [0, 0.1) is 0 Å². The van der Waals surface area contributed by atoms with Crippen LogP contribution in [0.1, 0.15) is 26.7 Å². The highest BCUT2D eigenvalue weighted by Crippen LogP contribution is 2.11. The van der Waals surface area contributed by atoms with E-state index >= 15 is 0 Å². The van der Waals surface area contributed by atoms with Crippen molar-refractivity contribution < 1.29 is 9.53 Å². The molecule has 0 aromatic rings. The van der Waals surface area contributed by atoms with Gasteiger partial charge in [0.05, 0.1) is 12.1 Å². The molecule has 1 saturated heterocycles. The number of amides is 1. The molecule has 1 aliphatic rings. The second-order valence-electron chi connectivity index (χ2n) is 3.93. The van der Waals surface area contributed by atoms with Crippen molar-refractivity contribution in [3.63, 3.8) is 0 Å². The number of rotatable bonds is 5. The summed E-state index contributed by atoms with van der Waals surface area (Å²) < 4.78 is 5.50. The minimum absolute atomic E-state index is 0.0537. The molecule has 0 radical (unpaired) electrons. The molecular weight excluding hydrogens is 204 g/mol. The second kappa shape index (κ2) is 7.41. The van der Waals surface area contributed by atoms with E-state index in [-0.39, 0.29) is 18.1 Å². The lowest BCUT2D eigenvalue weighted by Crippen LogP contribution is -2.50. The van der Waals surface area contributed by atoms with Crippen molar-refractivity contribution in [3.05, 3.63) is 12.2 Å². The maximum atomic E-state index is 11.7. The van der Waals surface area contributed by atoms with Crippen LogP contribution in [-0.2, 0) is 9.53 Å². The molecule has 0 aromatic carbocycles. The first-order chi connectivity index (χ1) is 7.77. The first-order valence-corrected chi connectivity index (χ1v) is 6.01. The lowest BCUT2D eigenvalue weighted by atomic mass is 10.0. The number of nitrogens with one attached hydrogen (secondary N) is 2. The normalized spacial score (nSPS) is 25.9. The maximum Gasteiger partial charge on any atom is 0.237 e. The third-order valence-electron chi connectivity index (χ3n) is 2.72. The van der Waals surface area contributed by atoms with E-state index in [2.05, 4.69) is 10.6 Å². The van der Waals surface area contributed by atoms with Crippen molar-refractivity contribution in [1.29, 1.82) is 0 Å². The van der Waals surface area contributed by atoms with Crippen LogP contribution in [-0.4, -0.2) is 37.7 Å². The summed E-state index contributed by atoms with van der Waals surface area (Å²) in [5.74, 6) is 0.0908. The Hall–Kier alpha value is -0.870. The molecule has 1 heterocycles. The summed E-state index contributed by atoms with van der Waals surface area (Å²) in [7, 11) is 0. The second-order valence-corrected chi connectivity index (χ2v) is 3.93. The van der Waals surface area contributed by atoms with Gasteiger partial charge in [-0.1, -0.05) is 12.2 Å². The Labute approximate surface area is 97.4 Å². The molecule has 92 valence electrons. The van der Waals surface area contributed by atoms with Crippen molar-refractivity contribution in [2.75, 3.05) is 19.7 Å². The van der Waals surface area contributed by atoms with Gasteiger partial charge in [-0.05, 0) is 26.7 Å². The van der Waals surface area contributed by atoms with Crippen LogP contribution in [0.3, 0.4) is 0 Å². The minimum atomic E-state index is -0.0537. The van der Waals surface area contributed by atoms with Crippen LogP contribution in [0.25, 0.3) is 0 Å². The Morgan fingerprint density at radius 3 is 2.94 bits per heavy atom. The van der Waals surface area contributed by atoms with E-state index in [4.69, 9.17) is 4.74 Å². The van der Waals surface area contributed by atoms with Gasteiger partial charge >= 0.3 is 0 Å². The number of hydrogen-bond acceptors (Lipinski definition) is 3. The lowest BCUT2D eigenvalue weighted by Gasteiger charge is -2.28. The first-order valence-electron chi connectivity index (χ1n) is 6.01. The molecule has 2 unspecified atom stereocenters. The minimum Gasteiger partial charge on any atom is -0.377 e. The average molecular weight is 226 g/mol. The standard InChI is InChI=1S/C12H22N2O2/c1-3-5-8-13-12(15)11-7-6-10(9-14-11)16-4-2/h3,5,10-11,14H,4,6-9H2,1-2H3,(H,13,15)/b5-3+. The van der Waals surface area contributed by atoms with Gasteiger partial charge in [0.1, 0.15) is 0 Å². The van der Waals surface area contributed by atoms with E-state index in [0.717, 1.165) is 26.0 Å². The first kappa shape index (κ1) is 13.2. The van der Waals surface area contributed by atoms with E-state index < -0.39 is 0 Å². The van der Waals surface area contributed by atoms with Crippen molar-refractivity contribution >= 4 is 5.91 Å². The molecule has 0 saturated carbocycles.